The molecule has 0 saturated heterocycles. The molecular weight excluding hydrogens is 435 g/mol. The topological polar surface area (TPSA) is 102 Å². The SMILES string of the molecule is O=C(COC(=O)c1cccc(S(=O)(=O)NCc2ccccc2)c1)NCc1ccc(F)cc1. The summed E-state index contributed by atoms with van der Waals surface area (Å²) >= 11 is 0. The fourth-order valence-corrected chi connectivity index (χ4v) is 3.78. The zero-order valence-electron chi connectivity index (χ0n) is 17.0. The summed E-state index contributed by atoms with van der Waals surface area (Å²) in [5.74, 6) is -1.76. The second kappa shape index (κ2) is 10.7. The van der Waals surface area contributed by atoms with E-state index in [1.165, 1.54) is 48.5 Å². The molecule has 2 N–H and O–H groups in total. The molecule has 9 heteroatoms. The van der Waals surface area contributed by atoms with Gasteiger partial charge in [0.05, 0.1) is 10.5 Å². The van der Waals surface area contributed by atoms with E-state index in [0.717, 1.165) is 5.56 Å². The predicted octanol–water partition coefficient (Wildman–Crippen LogP) is 2.78. The highest BCUT2D eigenvalue weighted by Gasteiger charge is 2.17. The van der Waals surface area contributed by atoms with Gasteiger partial charge >= 0.3 is 5.97 Å². The third-order valence-electron chi connectivity index (χ3n) is 4.43. The van der Waals surface area contributed by atoms with Crippen molar-refractivity contribution in [3.05, 3.63) is 101 Å². The van der Waals surface area contributed by atoms with E-state index in [0.29, 0.717) is 5.56 Å². The van der Waals surface area contributed by atoms with Crippen LogP contribution in [0.3, 0.4) is 0 Å². The van der Waals surface area contributed by atoms with Crippen LogP contribution in [0.4, 0.5) is 4.39 Å². The van der Waals surface area contributed by atoms with Crippen molar-refractivity contribution in [3.63, 3.8) is 0 Å². The van der Waals surface area contributed by atoms with Gasteiger partial charge in [-0.3, -0.25) is 4.79 Å². The van der Waals surface area contributed by atoms with Crippen LogP contribution < -0.4 is 10.0 Å². The summed E-state index contributed by atoms with van der Waals surface area (Å²) in [6.07, 6.45) is 0. The first-order valence-electron chi connectivity index (χ1n) is 9.65. The highest BCUT2D eigenvalue weighted by atomic mass is 32.2. The number of nitrogens with one attached hydrogen (secondary N) is 2. The number of sulfonamides is 1. The largest absolute Gasteiger partial charge is 0.452 e. The number of carbonyl (C=O) groups excluding carboxylic acids is 2. The van der Waals surface area contributed by atoms with E-state index in [9.17, 15) is 22.4 Å². The molecule has 3 aromatic rings. The molecule has 166 valence electrons. The van der Waals surface area contributed by atoms with Crippen molar-refractivity contribution in [2.45, 2.75) is 18.0 Å². The maximum absolute atomic E-state index is 12.9. The van der Waals surface area contributed by atoms with Crippen molar-refractivity contribution in [2.24, 2.45) is 0 Å². The molecule has 0 heterocycles. The summed E-state index contributed by atoms with van der Waals surface area (Å²) in [6.45, 7) is -0.285. The molecule has 0 saturated carbocycles. The van der Waals surface area contributed by atoms with Gasteiger partial charge in [0.15, 0.2) is 6.61 Å². The molecule has 0 radical (unpaired) electrons. The van der Waals surface area contributed by atoms with Crippen molar-refractivity contribution < 1.29 is 27.1 Å². The average molecular weight is 456 g/mol. The minimum atomic E-state index is -3.85. The summed E-state index contributed by atoms with van der Waals surface area (Å²) in [4.78, 5) is 24.1. The minimum absolute atomic E-state index is 0.000999. The number of halogens is 1. The van der Waals surface area contributed by atoms with E-state index in [2.05, 4.69) is 10.0 Å². The fourth-order valence-electron chi connectivity index (χ4n) is 2.72. The van der Waals surface area contributed by atoms with E-state index >= 15 is 0 Å². The van der Waals surface area contributed by atoms with Gasteiger partial charge < -0.3 is 10.1 Å². The summed E-state index contributed by atoms with van der Waals surface area (Å²) < 4.78 is 45.4. The van der Waals surface area contributed by atoms with Gasteiger partial charge in [0.25, 0.3) is 5.91 Å². The smallest absolute Gasteiger partial charge is 0.338 e. The summed E-state index contributed by atoms with van der Waals surface area (Å²) in [5, 5.41) is 2.55. The zero-order chi connectivity index (χ0) is 23.0. The lowest BCUT2D eigenvalue weighted by atomic mass is 10.2. The third kappa shape index (κ3) is 6.73. The van der Waals surface area contributed by atoms with Gasteiger partial charge in [0.1, 0.15) is 5.82 Å². The Bertz CT molecular complexity index is 1180. The van der Waals surface area contributed by atoms with Crippen LogP contribution in [-0.2, 0) is 32.6 Å². The van der Waals surface area contributed by atoms with Crippen molar-refractivity contribution in [1.82, 2.24) is 10.0 Å². The Balaban J connectivity index is 1.53. The average Bonchev–Trinajstić information content (AvgIpc) is 2.81. The van der Waals surface area contributed by atoms with Crippen LogP contribution in [0.15, 0.2) is 83.8 Å². The van der Waals surface area contributed by atoms with Crippen LogP contribution in [-0.4, -0.2) is 26.9 Å². The maximum Gasteiger partial charge on any atom is 0.338 e. The third-order valence-corrected chi connectivity index (χ3v) is 5.83. The van der Waals surface area contributed by atoms with Gasteiger partial charge in [0, 0.05) is 13.1 Å². The number of rotatable bonds is 9. The molecule has 0 aromatic heterocycles. The Kier molecular flexibility index (Phi) is 7.69. The Morgan fingerprint density at radius 2 is 1.53 bits per heavy atom. The minimum Gasteiger partial charge on any atom is -0.452 e. The second-order valence-electron chi connectivity index (χ2n) is 6.82. The Morgan fingerprint density at radius 1 is 0.844 bits per heavy atom. The lowest BCUT2D eigenvalue weighted by Crippen LogP contribution is -2.28. The molecule has 0 atom stereocenters. The quantitative estimate of drug-likeness (QED) is 0.482. The van der Waals surface area contributed by atoms with Crippen LogP contribution in [0.1, 0.15) is 21.5 Å². The number of ether oxygens (including phenoxy) is 1. The second-order valence-corrected chi connectivity index (χ2v) is 8.58. The molecule has 3 aromatic carbocycles. The highest BCUT2D eigenvalue weighted by molar-refractivity contribution is 7.89. The van der Waals surface area contributed by atoms with Crippen molar-refractivity contribution in [3.8, 4) is 0 Å². The predicted molar refractivity (Wildman–Crippen MR) is 115 cm³/mol. The van der Waals surface area contributed by atoms with E-state index in [4.69, 9.17) is 4.74 Å². The van der Waals surface area contributed by atoms with Crippen LogP contribution in [0, 0.1) is 5.82 Å². The number of hydrogen-bond donors (Lipinski definition) is 2. The zero-order valence-corrected chi connectivity index (χ0v) is 17.8. The van der Waals surface area contributed by atoms with Gasteiger partial charge in [-0.15, -0.1) is 0 Å². The molecule has 7 nitrogen and oxygen atoms in total. The van der Waals surface area contributed by atoms with Crippen LogP contribution >= 0.6 is 0 Å². The first-order chi connectivity index (χ1) is 15.3. The Labute approximate surface area is 185 Å². The molecule has 1 amide bonds. The van der Waals surface area contributed by atoms with Gasteiger partial charge in [-0.25, -0.2) is 22.3 Å². The monoisotopic (exact) mass is 456 g/mol. The van der Waals surface area contributed by atoms with Crippen LogP contribution in [0.2, 0.25) is 0 Å². The molecule has 0 aliphatic heterocycles. The van der Waals surface area contributed by atoms with Gasteiger partial charge in [-0.05, 0) is 41.5 Å². The van der Waals surface area contributed by atoms with Crippen LogP contribution in [0.25, 0.3) is 0 Å². The molecular formula is C23H21FN2O5S. The summed E-state index contributed by atoms with van der Waals surface area (Å²) in [6, 6.07) is 20.0. The first kappa shape index (κ1) is 23.1. The van der Waals surface area contributed by atoms with E-state index in [-0.39, 0.29) is 29.4 Å². The number of carbonyl (C=O) groups is 2. The summed E-state index contributed by atoms with van der Waals surface area (Å²) in [7, 11) is -3.85. The molecule has 0 bridgehead atoms. The van der Waals surface area contributed by atoms with Crippen LogP contribution in [0.5, 0.6) is 0 Å². The van der Waals surface area contributed by atoms with Crippen molar-refractivity contribution in [2.75, 3.05) is 6.61 Å². The molecule has 0 unspecified atom stereocenters. The lowest BCUT2D eigenvalue weighted by molar-refractivity contribution is -0.124. The molecule has 32 heavy (non-hydrogen) atoms. The van der Waals surface area contributed by atoms with Gasteiger partial charge in [0.2, 0.25) is 10.0 Å². The lowest BCUT2D eigenvalue weighted by Gasteiger charge is -2.09. The van der Waals surface area contributed by atoms with Crippen molar-refractivity contribution >= 4 is 21.9 Å². The Hall–Kier alpha value is -3.56. The molecule has 0 aliphatic carbocycles. The number of amides is 1. The van der Waals surface area contributed by atoms with E-state index < -0.39 is 28.5 Å². The molecule has 0 spiro atoms. The standard InChI is InChI=1S/C23H21FN2O5S/c24-20-11-9-18(10-12-20)14-25-22(27)16-31-23(28)19-7-4-8-21(13-19)32(29,30)26-15-17-5-2-1-3-6-17/h1-13,26H,14-16H2,(H,25,27). The van der Waals surface area contributed by atoms with E-state index in [1.54, 1.807) is 24.3 Å². The molecule has 0 fully saturated rings. The van der Waals surface area contributed by atoms with Crippen molar-refractivity contribution in [1.29, 1.82) is 0 Å². The molecule has 0 aliphatic rings. The molecule has 3 rings (SSSR count). The fraction of sp³-hybridized carbons (Fsp3) is 0.130. The summed E-state index contributed by atoms with van der Waals surface area (Å²) in [5.41, 5.74) is 1.48. The normalized spacial score (nSPS) is 11.0. The van der Waals surface area contributed by atoms with E-state index in [1.807, 2.05) is 6.07 Å². The van der Waals surface area contributed by atoms with Gasteiger partial charge in [-0.2, -0.15) is 0 Å². The number of hydrogen-bond acceptors (Lipinski definition) is 5. The Morgan fingerprint density at radius 3 is 2.25 bits per heavy atom. The maximum atomic E-state index is 12.9. The number of benzene rings is 3. The highest BCUT2D eigenvalue weighted by Crippen LogP contribution is 2.13. The first-order valence-corrected chi connectivity index (χ1v) is 11.1. The van der Waals surface area contributed by atoms with Gasteiger partial charge in [-0.1, -0.05) is 48.5 Å². The number of esters is 1.